The maximum atomic E-state index is 11.7. The first-order chi connectivity index (χ1) is 8.08. The fourth-order valence-corrected chi connectivity index (χ4v) is 1.88. The molecule has 0 fully saturated rings. The van der Waals surface area contributed by atoms with Gasteiger partial charge in [-0.1, -0.05) is 0 Å². The summed E-state index contributed by atoms with van der Waals surface area (Å²) in [5, 5.41) is 11.5. The van der Waals surface area contributed by atoms with Crippen LogP contribution in [0.1, 0.15) is 25.9 Å². The number of aryl methyl sites for hydroxylation is 1. The summed E-state index contributed by atoms with van der Waals surface area (Å²) in [7, 11) is 0. The van der Waals surface area contributed by atoms with Crippen LogP contribution in [-0.4, -0.2) is 27.0 Å². The minimum absolute atomic E-state index is 0.0274. The summed E-state index contributed by atoms with van der Waals surface area (Å²) in [6.07, 6.45) is 1.43. The Bertz CT molecular complexity index is 559. The van der Waals surface area contributed by atoms with Crippen molar-refractivity contribution in [2.45, 2.75) is 6.92 Å². The predicted octanol–water partition coefficient (Wildman–Crippen LogP) is 1.73. The molecule has 0 radical (unpaired) electrons. The van der Waals surface area contributed by atoms with Gasteiger partial charge in [0.2, 0.25) is 0 Å². The van der Waals surface area contributed by atoms with Crippen LogP contribution in [-0.2, 0) is 0 Å². The molecule has 7 heteroatoms. The van der Waals surface area contributed by atoms with Gasteiger partial charge in [-0.25, -0.2) is 4.79 Å². The van der Waals surface area contributed by atoms with E-state index in [1.165, 1.54) is 23.0 Å². The molecule has 2 aromatic heterocycles. The number of amides is 1. The topological polar surface area (TPSA) is 95.1 Å². The van der Waals surface area contributed by atoms with Gasteiger partial charge in [-0.2, -0.15) is 0 Å². The Balaban J connectivity index is 2.24. The maximum Gasteiger partial charge on any atom is 0.354 e. The van der Waals surface area contributed by atoms with Crippen molar-refractivity contribution in [2.24, 2.45) is 0 Å². The van der Waals surface area contributed by atoms with Crippen molar-refractivity contribution in [3.63, 3.8) is 0 Å². The second-order valence-electron chi connectivity index (χ2n) is 3.37. The average Bonchev–Trinajstić information content (AvgIpc) is 2.86. The summed E-state index contributed by atoms with van der Waals surface area (Å²) >= 11 is 1.19. The van der Waals surface area contributed by atoms with E-state index in [2.05, 4.69) is 15.3 Å². The molecule has 0 bridgehead atoms. The number of H-pyrrole nitrogens is 1. The number of anilines is 1. The van der Waals surface area contributed by atoms with Gasteiger partial charge in [0.1, 0.15) is 10.6 Å². The Labute approximate surface area is 100 Å². The van der Waals surface area contributed by atoms with Crippen LogP contribution in [0.15, 0.2) is 17.8 Å². The van der Waals surface area contributed by atoms with E-state index >= 15 is 0 Å². The van der Waals surface area contributed by atoms with Crippen LogP contribution in [0.4, 0.5) is 5.69 Å². The minimum Gasteiger partial charge on any atom is -0.477 e. The second kappa shape index (κ2) is 4.38. The third-order valence-electron chi connectivity index (χ3n) is 2.07. The number of carboxylic acids is 1. The summed E-state index contributed by atoms with van der Waals surface area (Å²) < 4.78 is 0. The second-order valence-corrected chi connectivity index (χ2v) is 4.25. The number of carbonyl (C=O) groups is 2. The van der Waals surface area contributed by atoms with Crippen LogP contribution >= 0.6 is 11.3 Å². The highest BCUT2D eigenvalue weighted by molar-refractivity contribution is 7.11. The quantitative estimate of drug-likeness (QED) is 0.774. The number of rotatable bonds is 3. The van der Waals surface area contributed by atoms with Crippen LogP contribution in [0, 0.1) is 6.92 Å². The average molecular weight is 251 g/mol. The number of aromatic carboxylic acids is 1. The van der Waals surface area contributed by atoms with E-state index in [1.54, 1.807) is 13.0 Å². The van der Waals surface area contributed by atoms with Gasteiger partial charge >= 0.3 is 5.97 Å². The fraction of sp³-hybridized carbons (Fsp3) is 0.100. The van der Waals surface area contributed by atoms with Crippen LogP contribution in [0.2, 0.25) is 0 Å². The van der Waals surface area contributed by atoms with Gasteiger partial charge in [-0.15, -0.1) is 11.3 Å². The highest BCUT2D eigenvalue weighted by atomic mass is 32.1. The molecule has 1 amide bonds. The first kappa shape index (κ1) is 11.3. The van der Waals surface area contributed by atoms with Gasteiger partial charge in [0.15, 0.2) is 0 Å². The van der Waals surface area contributed by atoms with E-state index in [0.29, 0.717) is 10.6 Å². The normalized spacial score (nSPS) is 10.2. The molecule has 0 saturated carbocycles. The Morgan fingerprint density at radius 2 is 2.29 bits per heavy atom. The Morgan fingerprint density at radius 3 is 2.88 bits per heavy atom. The largest absolute Gasteiger partial charge is 0.477 e. The molecule has 0 unspecified atom stereocenters. The predicted molar refractivity (Wildman–Crippen MR) is 62.6 cm³/mol. The molecule has 6 nitrogen and oxygen atoms in total. The summed E-state index contributed by atoms with van der Waals surface area (Å²) in [6.45, 7) is 1.72. The molecule has 2 heterocycles. The van der Waals surface area contributed by atoms with Gasteiger partial charge in [0.05, 0.1) is 17.4 Å². The van der Waals surface area contributed by atoms with Crippen LogP contribution in [0.5, 0.6) is 0 Å². The third kappa shape index (κ3) is 2.34. The van der Waals surface area contributed by atoms with Gasteiger partial charge < -0.3 is 15.4 Å². The number of nitrogens with zero attached hydrogens (tertiary/aromatic N) is 1. The molecule has 0 aliphatic carbocycles. The van der Waals surface area contributed by atoms with E-state index < -0.39 is 5.97 Å². The fourth-order valence-electron chi connectivity index (χ4n) is 1.37. The van der Waals surface area contributed by atoms with Crippen molar-refractivity contribution in [3.05, 3.63) is 34.0 Å². The zero-order valence-electron chi connectivity index (χ0n) is 8.85. The molecule has 0 saturated heterocycles. The van der Waals surface area contributed by atoms with Crippen LogP contribution in [0.3, 0.4) is 0 Å². The molecular weight excluding hydrogens is 242 g/mol. The molecule has 17 heavy (non-hydrogen) atoms. The number of carboxylic acid groups (broad SMARTS) is 1. The van der Waals surface area contributed by atoms with Gasteiger partial charge in [-0.3, -0.25) is 9.78 Å². The smallest absolute Gasteiger partial charge is 0.354 e. The number of aromatic nitrogens is 2. The van der Waals surface area contributed by atoms with E-state index in [0.717, 1.165) is 0 Å². The van der Waals surface area contributed by atoms with Gasteiger partial charge in [0, 0.05) is 5.69 Å². The lowest BCUT2D eigenvalue weighted by Gasteiger charge is -2.01. The molecule has 88 valence electrons. The molecule has 0 aliphatic rings. The Kier molecular flexibility index (Phi) is 2.92. The first-order valence-electron chi connectivity index (χ1n) is 4.70. The Hall–Kier alpha value is -2.15. The van der Waals surface area contributed by atoms with Crippen molar-refractivity contribution in [1.29, 1.82) is 0 Å². The molecule has 0 aliphatic heterocycles. The highest BCUT2D eigenvalue weighted by Gasteiger charge is 2.16. The SMILES string of the molecule is Cc1cc(NC(=O)c2cncs2)c(C(=O)O)[nH]1. The van der Waals surface area contributed by atoms with Crippen molar-refractivity contribution in [2.75, 3.05) is 5.32 Å². The lowest BCUT2D eigenvalue weighted by atomic mass is 10.3. The Morgan fingerprint density at radius 1 is 1.53 bits per heavy atom. The van der Waals surface area contributed by atoms with E-state index in [9.17, 15) is 9.59 Å². The number of thiazole rings is 1. The van der Waals surface area contributed by atoms with Crippen molar-refractivity contribution >= 4 is 28.9 Å². The molecule has 0 atom stereocenters. The summed E-state index contributed by atoms with van der Waals surface area (Å²) in [6, 6.07) is 1.57. The van der Waals surface area contributed by atoms with E-state index in [4.69, 9.17) is 5.11 Å². The maximum absolute atomic E-state index is 11.7. The summed E-state index contributed by atoms with van der Waals surface area (Å²) in [4.78, 5) is 29.5. The van der Waals surface area contributed by atoms with Gasteiger partial charge in [0.25, 0.3) is 5.91 Å². The monoisotopic (exact) mass is 251 g/mol. The molecular formula is C10H9N3O3S. The van der Waals surface area contributed by atoms with Crippen molar-refractivity contribution < 1.29 is 14.7 Å². The minimum atomic E-state index is -1.11. The molecule has 0 aromatic carbocycles. The first-order valence-corrected chi connectivity index (χ1v) is 5.58. The number of hydrogen-bond acceptors (Lipinski definition) is 4. The lowest BCUT2D eigenvalue weighted by Crippen LogP contribution is -2.12. The standard InChI is InChI=1S/C10H9N3O3S/c1-5-2-6(8(12-5)10(15)16)13-9(14)7-3-11-4-17-7/h2-4,12H,1H3,(H,13,14)(H,15,16). The highest BCUT2D eigenvalue weighted by Crippen LogP contribution is 2.18. The molecule has 3 N–H and O–H groups in total. The van der Waals surface area contributed by atoms with E-state index in [-0.39, 0.29) is 17.3 Å². The number of carbonyl (C=O) groups excluding carboxylic acids is 1. The third-order valence-corrected chi connectivity index (χ3v) is 2.84. The van der Waals surface area contributed by atoms with Gasteiger partial charge in [-0.05, 0) is 13.0 Å². The van der Waals surface area contributed by atoms with Crippen molar-refractivity contribution in [3.8, 4) is 0 Å². The number of aromatic amines is 1. The summed E-state index contributed by atoms with van der Waals surface area (Å²) in [5.74, 6) is -1.48. The molecule has 2 rings (SSSR count). The van der Waals surface area contributed by atoms with Crippen LogP contribution in [0.25, 0.3) is 0 Å². The molecule has 2 aromatic rings. The van der Waals surface area contributed by atoms with Crippen LogP contribution < -0.4 is 5.32 Å². The van der Waals surface area contributed by atoms with E-state index in [1.807, 2.05) is 0 Å². The zero-order chi connectivity index (χ0) is 12.4. The zero-order valence-corrected chi connectivity index (χ0v) is 9.67. The number of nitrogens with one attached hydrogen (secondary N) is 2. The van der Waals surface area contributed by atoms with Crippen molar-refractivity contribution in [1.82, 2.24) is 9.97 Å². The number of hydrogen-bond donors (Lipinski definition) is 3. The summed E-state index contributed by atoms with van der Waals surface area (Å²) in [5.41, 5.74) is 2.44. The lowest BCUT2D eigenvalue weighted by molar-refractivity contribution is 0.0692. The molecule has 0 spiro atoms.